The summed E-state index contributed by atoms with van der Waals surface area (Å²) in [6.07, 6.45) is 32.1. The molecule has 0 radical (unpaired) electrons. The molecule has 0 aromatic carbocycles. The molecule has 0 aliphatic rings. The van der Waals surface area contributed by atoms with Crippen LogP contribution in [0.25, 0.3) is 0 Å². The minimum absolute atomic E-state index is 0.107. The average molecular weight is 591 g/mol. The number of ether oxygens (including phenoxy) is 2. The Hall–Kier alpha value is -2.18. The van der Waals surface area contributed by atoms with Crippen molar-refractivity contribution in [3.8, 4) is 0 Å². The van der Waals surface area contributed by atoms with Gasteiger partial charge in [0.05, 0.1) is 12.7 Å². The maximum Gasteiger partial charge on any atom is 0.306 e. The van der Waals surface area contributed by atoms with E-state index in [0.29, 0.717) is 19.3 Å². The van der Waals surface area contributed by atoms with Gasteiger partial charge in [0.1, 0.15) is 6.61 Å². The number of allylic oxidation sites excluding steroid dienone is 6. The largest absolute Gasteiger partial charge is 0.462 e. The fourth-order valence-corrected chi connectivity index (χ4v) is 4.28. The highest BCUT2D eigenvalue weighted by Gasteiger charge is 2.15. The van der Waals surface area contributed by atoms with Gasteiger partial charge in [0.2, 0.25) is 0 Å². The maximum absolute atomic E-state index is 12.1. The van der Waals surface area contributed by atoms with Crippen LogP contribution in [0.1, 0.15) is 136 Å². The quantitative estimate of drug-likeness (QED) is 0.0410. The molecular formula is C36H62O6. The molecule has 2 atom stereocenters. The van der Waals surface area contributed by atoms with Gasteiger partial charge < -0.3 is 19.7 Å². The van der Waals surface area contributed by atoms with Crippen LogP contribution in [0.2, 0.25) is 0 Å². The van der Waals surface area contributed by atoms with Crippen LogP contribution in [0.3, 0.4) is 0 Å². The van der Waals surface area contributed by atoms with Gasteiger partial charge in [-0.3, -0.25) is 9.59 Å². The molecule has 0 amide bonds. The summed E-state index contributed by atoms with van der Waals surface area (Å²) in [5.74, 6) is 0.0776. The van der Waals surface area contributed by atoms with Gasteiger partial charge in [-0.1, -0.05) is 127 Å². The van der Waals surface area contributed by atoms with E-state index in [2.05, 4.69) is 26.8 Å². The second-order valence-corrected chi connectivity index (χ2v) is 11.6. The van der Waals surface area contributed by atoms with Crippen LogP contribution in [0, 0.1) is 5.92 Å². The molecule has 0 saturated carbocycles. The van der Waals surface area contributed by atoms with Crippen molar-refractivity contribution in [2.24, 2.45) is 5.92 Å². The number of rotatable bonds is 28. The third-order valence-electron chi connectivity index (χ3n) is 6.88. The topological polar surface area (TPSA) is 93.1 Å². The summed E-state index contributed by atoms with van der Waals surface area (Å²) in [7, 11) is 0. The van der Waals surface area contributed by atoms with Crippen molar-refractivity contribution in [1.82, 2.24) is 0 Å². The number of hydrogen-bond acceptors (Lipinski definition) is 6. The molecule has 0 aliphatic heterocycles. The normalized spacial score (nSPS) is 13.7. The Kier molecular flexibility index (Phi) is 28.7. The SMILES string of the molecule is CCCCC/C=C\C[C@H](O)/C=C/C=C\C/C=C\CCCC(=O)O[C@@H](CO)COC(=O)CCCCCCCCCC(C)C. The number of unbranched alkanes of at least 4 members (excludes halogenated alkanes) is 10. The van der Waals surface area contributed by atoms with E-state index < -0.39 is 18.2 Å². The number of esters is 2. The number of aliphatic hydroxyl groups is 2. The molecule has 0 bridgehead atoms. The molecule has 242 valence electrons. The predicted octanol–water partition coefficient (Wildman–Crippen LogP) is 8.72. The molecule has 6 nitrogen and oxygen atoms in total. The van der Waals surface area contributed by atoms with Crippen LogP contribution in [0.4, 0.5) is 0 Å². The molecule has 0 aliphatic carbocycles. The molecule has 0 unspecified atom stereocenters. The van der Waals surface area contributed by atoms with Crippen molar-refractivity contribution in [2.75, 3.05) is 13.2 Å². The van der Waals surface area contributed by atoms with E-state index in [1.165, 1.54) is 51.4 Å². The molecule has 0 aromatic heterocycles. The molecule has 0 spiro atoms. The van der Waals surface area contributed by atoms with Crippen LogP contribution < -0.4 is 0 Å². The van der Waals surface area contributed by atoms with Crippen molar-refractivity contribution in [3.05, 3.63) is 48.6 Å². The smallest absolute Gasteiger partial charge is 0.306 e. The molecule has 42 heavy (non-hydrogen) atoms. The monoisotopic (exact) mass is 590 g/mol. The number of carbonyl (C=O) groups is 2. The predicted molar refractivity (Wildman–Crippen MR) is 174 cm³/mol. The molecule has 0 heterocycles. The van der Waals surface area contributed by atoms with Gasteiger partial charge in [-0.25, -0.2) is 0 Å². The van der Waals surface area contributed by atoms with Gasteiger partial charge >= 0.3 is 11.9 Å². The van der Waals surface area contributed by atoms with Gasteiger partial charge in [-0.05, 0) is 50.9 Å². The van der Waals surface area contributed by atoms with Crippen molar-refractivity contribution in [3.63, 3.8) is 0 Å². The Morgan fingerprint density at radius 2 is 1.40 bits per heavy atom. The summed E-state index contributed by atoms with van der Waals surface area (Å²) in [5.41, 5.74) is 0. The minimum Gasteiger partial charge on any atom is -0.462 e. The maximum atomic E-state index is 12.1. The first-order valence-corrected chi connectivity index (χ1v) is 16.7. The first kappa shape index (κ1) is 39.8. The Morgan fingerprint density at radius 1 is 0.738 bits per heavy atom. The fourth-order valence-electron chi connectivity index (χ4n) is 4.28. The molecular weight excluding hydrogens is 528 g/mol. The van der Waals surface area contributed by atoms with Crippen LogP contribution in [-0.2, 0) is 19.1 Å². The molecule has 0 saturated heterocycles. The Morgan fingerprint density at radius 3 is 2.12 bits per heavy atom. The third-order valence-corrected chi connectivity index (χ3v) is 6.88. The van der Waals surface area contributed by atoms with Gasteiger partial charge in [0.25, 0.3) is 0 Å². The third kappa shape index (κ3) is 29.3. The standard InChI is InChI=1S/C36H62O6/c1-4-5-6-7-16-21-26-33(38)27-22-17-12-8-9-13-19-24-29-36(40)42-34(30-37)31-41-35(39)28-23-18-14-10-11-15-20-25-32(2)3/h9,12-13,16-17,21-22,27,32-34,37-38H,4-8,10-11,14-15,18-20,23-26,28-31H2,1-3H3/b13-9-,17-12-,21-16-,27-22+/t33-,34-/m0/s1. The lowest BCUT2D eigenvalue weighted by Gasteiger charge is -2.15. The van der Waals surface area contributed by atoms with Gasteiger partial charge in [0.15, 0.2) is 6.10 Å². The van der Waals surface area contributed by atoms with Crippen LogP contribution in [0.15, 0.2) is 48.6 Å². The van der Waals surface area contributed by atoms with E-state index in [0.717, 1.165) is 44.4 Å². The second-order valence-electron chi connectivity index (χ2n) is 11.6. The van der Waals surface area contributed by atoms with Gasteiger partial charge in [-0.2, -0.15) is 0 Å². The summed E-state index contributed by atoms with van der Waals surface area (Å²) in [5, 5.41) is 19.4. The van der Waals surface area contributed by atoms with E-state index in [4.69, 9.17) is 9.47 Å². The van der Waals surface area contributed by atoms with Crippen molar-refractivity contribution >= 4 is 11.9 Å². The highest BCUT2D eigenvalue weighted by atomic mass is 16.6. The number of carbonyl (C=O) groups excluding carboxylic acids is 2. The Bertz CT molecular complexity index is 752. The number of aliphatic hydroxyl groups excluding tert-OH is 2. The van der Waals surface area contributed by atoms with Gasteiger partial charge in [0, 0.05) is 12.8 Å². The number of hydrogen-bond donors (Lipinski definition) is 2. The zero-order chi connectivity index (χ0) is 31.1. The lowest BCUT2D eigenvalue weighted by atomic mass is 10.0. The highest BCUT2D eigenvalue weighted by molar-refractivity contribution is 5.70. The summed E-state index contributed by atoms with van der Waals surface area (Å²) in [6, 6.07) is 0. The zero-order valence-electron chi connectivity index (χ0n) is 27.0. The van der Waals surface area contributed by atoms with Crippen LogP contribution in [-0.4, -0.2) is 47.6 Å². The lowest BCUT2D eigenvalue weighted by Crippen LogP contribution is -2.28. The highest BCUT2D eigenvalue weighted by Crippen LogP contribution is 2.13. The fraction of sp³-hybridized carbons (Fsp3) is 0.722. The van der Waals surface area contributed by atoms with E-state index in [1.807, 2.05) is 36.5 Å². The van der Waals surface area contributed by atoms with E-state index >= 15 is 0 Å². The second kappa shape index (κ2) is 30.3. The van der Waals surface area contributed by atoms with Crippen LogP contribution >= 0.6 is 0 Å². The molecule has 2 N–H and O–H groups in total. The van der Waals surface area contributed by atoms with E-state index in [9.17, 15) is 19.8 Å². The van der Waals surface area contributed by atoms with Crippen LogP contribution in [0.5, 0.6) is 0 Å². The molecule has 6 heteroatoms. The molecule has 0 rings (SSSR count). The summed E-state index contributed by atoms with van der Waals surface area (Å²) >= 11 is 0. The van der Waals surface area contributed by atoms with Crippen molar-refractivity contribution < 1.29 is 29.3 Å². The Balaban J connectivity index is 3.82. The average Bonchev–Trinajstić information content (AvgIpc) is 2.96. The van der Waals surface area contributed by atoms with Crippen molar-refractivity contribution in [1.29, 1.82) is 0 Å². The van der Waals surface area contributed by atoms with E-state index in [1.54, 1.807) is 6.08 Å². The molecule has 0 fully saturated rings. The lowest BCUT2D eigenvalue weighted by molar-refractivity contribution is -0.161. The van der Waals surface area contributed by atoms with Crippen molar-refractivity contribution in [2.45, 2.75) is 149 Å². The van der Waals surface area contributed by atoms with Gasteiger partial charge in [-0.15, -0.1) is 0 Å². The van der Waals surface area contributed by atoms with E-state index in [-0.39, 0.29) is 25.6 Å². The Labute approximate surface area is 257 Å². The zero-order valence-corrected chi connectivity index (χ0v) is 27.0. The first-order chi connectivity index (χ1) is 20.4. The minimum atomic E-state index is -0.818. The summed E-state index contributed by atoms with van der Waals surface area (Å²) in [4.78, 5) is 24.0. The summed E-state index contributed by atoms with van der Waals surface area (Å²) in [6.45, 7) is 6.24. The molecule has 0 aromatic rings. The summed E-state index contributed by atoms with van der Waals surface area (Å²) < 4.78 is 10.5. The first-order valence-electron chi connectivity index (χ1n) is 16.7.